The van der Waals surface area contributed by atoms with Crippen LogP contribution in [0.15, 0.2) is 18.2 Å². The first-order valence-electron chi connectivity index (χ1n) is 6.18. The van der Waals surface area contributed by atoms with Crippen LogP contribution < -0.4 is 10.6 Å². The van der Waals surface area contributed by atoms with Gasteiger partial charge in [-0.15, -0.1) is 0 Å². The minimum absolute atomic E-state index is 0.262. The van der Waals surface area contributed by atoms with Crippen molar-refractivity contribution in [3.05, 3.63) is 18.2 Å². The van der Waals surface area contributed by atoms with Crippen molar-refractivity contribution < 1.29 is 4.74 Å². The molecule has 0 radical (unpaired) electrons. The molecule has 1 aromatic heterocycles. The normalized spacial score (nSPS) is 24.7. The summed E-state index contributed by atoms with van der Waals surface area (Å²) in [6.45, 7) is 5.94. The van der Waals surface area contributed by atoms with E-state index in [9.17, 15) is 0 Å². The molecule has 0 bridgehead atoms. The Kier molecular flexibility index (Phi) is 2.87. The van der Waals surface area contributed by atoms with Crippen molar-refractivity contribution in [2.45, 2.75) is 26.0 Å². The van der Waals surface area contributed by atoms with Crippen LogP contribution in [0.1, 0.15) is 13.8 Å². The van der Waals surface area contributed by atoms with E-state index < -0.39 is 0 Å². The van der Waals surface area contributed by atoms with E-state index in [4.69, 9.17) is 15.5 Å². The number of nitrogen functional groups attached to an aromatic ring is 1. The van der Waals surface area contributed by atoms with E-state index >= 15 is 0 Å². The third-order valence-electron chi connectivity index (χ3n) is 3.25. The highest BCUT2D eigenvalue weighted by Gasteiger charge is 2.25. The number of morpholine rings is 1. The number of fused-ring (bicyclic) bond motifs is 1. The van der Waals surface area contributed by atoms with E-state index in [1.807, 2.05) is 18.2 Å². The van der Waals surface area contributed by atoms with Gasteiger partial charge in [0.1, 0.15) is 0 Å². The molecule has 1 saturated heterocycles. The van der Waals surface area contributed by atoms with Crippen molar-refractivity contribution in [3.8, 4) is 0 Å². The summed E-state index contributed by atoms with van der Waals surface area (Å²) >= 11 is 1.70. The highest BCUT2D eigenvalue weighted by Crippen LogP contribution is 2.32. The summed E-state index contributed by atoms with van der Waals surface area (Å²) in [5.74, 6) is 0. The zero-order valence-corrected chi connectivity index (χ0v) is 11.4. The van der Waals surface area contributed by atoms with E-state index in [0.717, 1.165) is 34.2 Å². The maximum atomic E-state index is 5.81. The molecule has 0 aliphatic carbocycles. The molecule has 2 heterocycles. The Morgan fingerprint density at radius 3 is 3.11 bits per heavy atom. The van der Waals surface area contributed by atoms with Crippen molar-refractivity contribution in [2.75, 3.05) is 23.8 Å². The summed E-state index contributed by atoms with van der Waals surface area (Å²) in [5.41, 5.74) is 7.62. The molecule has 5 heteroatoms. The fourth-order valence-corrected chi connectivity index (χ4v) is 3.35. The van der Waals surface area contributed by atoms with Gasteiger partial charge in [-0.05, 0) is 32.0 Å². The smallest absolute Gasteiger partial charge is 0.186 e. The van der Waals surface area contributed by atoms with Crippen LogP contribution in [0.4, 0.5) is 10.8 Å². The number of nitrogens with two attached hydrogens (primary N) is 1. The Morgan fingerprint density at radius 1 is 1.44 bits per heavy atom. The number of aromatic nitrogens is 1. The first-order valence-corrected chi connectivity index (χ1v) is 6.99. The number of rotatable bonds is 1. The number of hydrogen-bond acceptors (Lipinski definition) is 5. The van der Waals surface area contributed by atoms with Crippen molar-refractivity contribution in [2.24, 2.45) is 0 Å². The molecule has 2 aromatic rings. The predicted octanol–water partition coefficient (Wildman–Crippen LogP) is 2.49. The van der Waals surface area contributed by atoms with Crippen LogP contribution >= 0.6 is 11.3 Å². The third kappa shape index (κ3) is 2.04. The predicted molar refractivity (Wildman–Crippen MR) is 76.3 cm³/mol. The highest BCUT2D eigenvalue weighted by atomic mass is 32.1. The molecule has 96 valence electrons. The zero-order valence-electron chi connectivity index (χ0n) is 10.6. The molecule has 4 nitrogen and oxygen atoms in total. The molecule has 18 heavy (non-hydrogen) atoms. The fourth-order valence-electron chi connectivity index (χ4n) is 2.22. The molecule has 0 spiro atoms. The summed E-state index contributed by atoms with van der Waals surface area (Å²) in [5, 5.41) is 1.07. The number of ether oxygens (including phenoxy) is 1. The lowest BCUT2D eigenvalue weighted by Crippen LogP contribution is -2.47. The Morgan fingerprint density at radius 2 is 2.28 bits per heavy atom. The molecule has 0 amide bonds. The maximum absolute atomic E-state index is 5.81. The van der Waals surface area contributed by atoms with E-state index in [0.29, 0.717) is 6.04 Å². The van der Waals surface area contributed by atoms with Gasteiger partial charge in [0.2, 0.25) is 0 Å². The van der Waals surface area contributed by atoms with Crippen LogP contribution in [-0.2, 0) is 4.74 Å². The highest BCUT2D eigenvalue weighted by molar-refractivity contribution is 7.22. The van der Waals surface area contributed by atoms with Crippen LogP contribution in [0.5, 0.6) is 0 Å². The molecule has 1 aromatic carbocycles. The number of nitrogens with zero attached hydrogens (tertiary/aromatic N) is 2. The van der Waals surface area contributed by atoms with Crippen LogP contribution in [0, 0.1) is 0 Å². The quantitative estimate of drug-likeness (QED) is 0.803. The van der Waals surface area contributed by atoms with Crippen LogP contribution in [0.3, 0.4) is 0 Å². The van der Waals surface area contributed by atoms with Gasteiger partial charge in [0, 0.05) is 12.2 Å². The van der Waals surface area contributed by atoms with Gasteiger partial charge >= 0.3 is 0 Å². The molecule has 1 aliphatic rings. The Bertz CT molecular complexity index is 568. The molecular weight excluding hydrogens is 246 g/mol. The largest absolute Gasteiger partial charge is 0.399 e. The van der Waals surface area contributed by atoms with Crippen molar-refractivity contribution in [1.82, 2.24) is 4.98 Å². The van der Waals surface area contributed by atoms with Gasteiger partial charge in [0.15, 0.2) is 5.13 Å². The lowest BCUT2D eigenvalue weighted by atomic mass is 10.2. The Labute approximate surface area is 110 Å². The SMILES string of the molecule is CC1CN(c2nc3ccc(N)cc3s2)C(C)CO1. The van der Waals surface area contributed by atoms with Gasteiger partial charge in [-0.2, -0.15) is 0 Å². The molecule has 3 rings (SSSR count). The van der Waals surface area contributed by atoms with Gasteiger partial charge in [0.25, 0.3) is 0 Å². The lowest BCUT2D eigenvalue weighted by Gasteiger charge is -2.36. The van der Waals surface area contributed by atoms with Crippen LogP contribution in [0.25, 0.3) is 10.2 Å². The number of benzene rings is 1. The van der Waals surface area contributed by atoms with Crippen molar-refractivity contribution >= 4 is 32.4 Å². The lowest BCUT2D eigenvalue weighted by molar-refractivity contribution is 0.0344. The second kappa shape index (κ2) is 4.40. The Hall–Kier alpha value is -1.33. The second-order valence-corrected chi connectivity index (χ2v) is 5.88. The fraction of sp³-hybridized carbons (Fsp3) is 0.462. The van der Waals surface area contributed by atoms with E-state index in [2.05, 4.69) is 18.7 Å². The van der Waals surface area contributed by atoms with Crippen molar-refractivity contribution in [3.63, 3.8) is 0 Å². The minimum atomic E-state index is 0.262. The molecule has 2 atom stereocenters. The summed E-state index contributed by atoms with van der Waals surface area (Å²) < 4.78 is 6.80. The topological polar surface area (TPSA) is 51.4 Å². The van der Waals surface area contributed by atoms with Crippen LogP contribution in [0.2, 0.25) is 0 Å². The van der Waals surface area contributed by atoms with E-state index in [1.54, 1.807) is 11.3 Å². The number of anilines is 2. The first kappa shape index (κ1) is 11.7. The maximum Gasteiger partial charge on any atom is 0.186 e. The van der Waals surface area contributed by atoms with Gasteiger partial charge < -0.3 is 15.4 Å². The monoisotopic (exact) mass is 263 g/mol. The average molecular weight is 263 g/mol. The molecule has 1 aliphatic heterocycles. The zero-order chi connectivity index (χ0) is 12.7. The minimum Gasteiger partial charge on any atom is -0.399 e. The Balaban J connectivity index is 1.97. The number of hydrogen-bond donors (Lipinski definition) is 1. The molecular formula is C13H17N3OS. The second-order valence-electron chi connectivity index (χ2n) is 4.87. The van der Waals surface area contributed by atoms with Gasteiger partial charge in [0.05, 0.1) is 29.0 Å². The number of thiazole rings is 1. The molecule has 1 fully saturated rings. The van der Waals surface area contributed by atoms with Gasteiger partial charge in [-0.25, -0.2) is 4.98 Å². The summed E-state index contributed by atoms with van der Waals surface area (Å²) in [6.07, 6.45) is 0.262. The third-order valence-corrected chi connectivity index (χ3v) is 4.31. The van der Waals surface area contributed by atoms with Crippen molar-refractivity contribution in [1.29, 1.82) is 0 Å². The summed E-state index contributed by atoms with van der Waals surface area (Å²) in [4.78, 5) is 7.02. The van der Waals surface area contributed by atoms with Gasteiger partial charge in [-0.1, -0.05) is 11.3 Å². The molecule has 0 saturated carbocycles. The summed E-state index contributed by atoms with van der Waals surface area (Å²) in [6, 6.07) is 6.25. The standard InChI is InChI=1S/C13H17N3OS/c1-8-7-17-9(2)6-16(8)13-15-11-4-3-10(14)5-12(11)18-13/h3-5,8-9H,6-7,14H2,1-2H3. The van der Waals surface area contributed by atoms with E-state index in [-0.39, 0.29) is 6.10 Å². The first-order chi connectivity index (χ1) is 8.63. The van der Waals surface area contributed by atoms with E-state index in [1.165, 1.54) is 0 Å². The summed E-state index contributed by atoms with van der Waals surface area (Å²) in [7, 11) is 0. The van der Waals surface area contributed by atoms with Gasteiger partial charge in [-0.3, -0.25) is 0 Å². The van der Waals surface area contributed by atoms with Crippen LogP contribution in [-0.4, -0.2) is 30.3 Å². The molecule has 2 N–H and O–H groups in total. The average Bonchev–Trinajstić information content (AvgIpc) is 2.74. The molecule has 2 unspecified atom stereocenters.